The van der Waals surface area contributed by atoms with Gasteiger partial charge < -0.3 is 14.6 Å². The van der Waals surface area contributed by atoms with Crippen LogP contribution in [-0.2, 0) is 24.4 Å². The molecule has 0 aliphatic rings. The van der Waals surface area contributed by atoms with Crippen molar-refractivity contribution in [2.24, 2.45) is 0 Å². The SMILES string of the molecule is COCc1ccccc1C(=O)NCc1ccc(Cn2ccccc2=O)cc1. The number of methoxy groups -OCH3 is 1. The topological polar surface area (TPSA) is 60.3 Å². The number of carbonyl (C=O) groups is 1. The second-order valence-corrected chi connectivity index (χ2v) is 6.26. The summed E-state index contributed by atoms with van der Waals surface area (Å²) in [5.41, 5.74) is 3.49. The minimum Gasteiger partial charge on any atom is -0.380 e. The fraction of sp³-hybridized carbons (Fsp3) is 0.182. The van der Waals surface area contributed by atoms with Gasteiger partial charge in [-0.05, 0) is 28.8 Å². The van der Waals surface area contributed by atoms with Crippen LogP contribution in [0, 0.1) is 0 Å². The van der Waals surface area contributed by atoms with Crippen LogP contribution in [0.15, 0.2) is 77.7 Å². The fourth-order valence-electron chi connectivity index (χ4n) is 2.85. The predicted molar refractivity (Wildman–Crippen MR) is 105 cm³/mol. The lowest BCUT2D eigenvalue weighted by Gasteiger charge is -2.10. The van der Waals surface area contributed by atoms with Crippen molar-refractivity contribution in [3.63, 3.8) is 0 Å². The predicted octanol–water partition coefficient (Wildman–Crippen LogP) is 2.97. The van der Waals surface area contributed by atoms with Gasteiger partial charge in [0.2, 0.25) is 0 Å². The normalized spacial score (nSPS) is 10.6. The summed E-state index contributed by atoms with van der Waals surface area (Å²) in [6, 6.07) is 20.4. The van der Waals surface area contributed by atoms with Crippen molar-refractivity contribution in [3.05, 3.63) is 106 Å². The Morgan fingerprint density at radius 2 is 1.67 bits per heavy atom. The van der Waals surface area contributed by atoms with Crippen LogP contribution in [0.2, 0.25) is 0 Å². The van der Waals surface area contributed by atoms with Crippen molar-refractivity contribution in [1.29, 1.82) is 0 Å². The number of nitrogens with zero attached hydrogens (tertiary/aromatic N) is 1. The molecule has 0 aliphatic carbocycles. The third-order valence-corrected chi connectivity index (χ3v) is 4.29. The Labute approximate surface area is 158 Å². The van der Waals surface area contributed by atoms with Crippen molar-refractivity contribution < 1.29 is 9.53 Å². The summed E-state index contributed by atoms with van der Waals surface area (Å²) >= 11 is 0. The standard InChI is InChI=1S/C22H22N2O3/c1-27-16-19-6-2-3-7-20(19)22(26)23-14-17-9-11-18(12-10-17)15-24-13-5-4-8-21(24)25/h2-13H,14-16H2,1H3,(H,23,26). The van der Waals surface area contributed by atoms with Crippen molar-refractivity contribution in [3.8, 4) is 0 Å². The maximum absolute atomic E-state index is 12.5. The van der Waals surface area contributed by atoms with Gasteiger partial charge in [0.15, 0.2) is 0 Å². The van der Waals surface area contributed by atoms with Gasteiger partial charge >= 0.3 is 0 Å². The monoisotopic (exact) mass is 362 g/mol. The number of pyridine rings is 1. The van der Waals surface area contributed by atoms with Crippen LogP contribution in [0.3, 0.4) is 0 Å². The molecule has 0 saturated heterocycles. The van der Waals surface area contributed by atoms with E-state index in [-0.39, 0.29) is 11.5 Å². The summed E-state index contributed by atoms with van der Waals surface area (Å²) in [6.45, 7) is 1.36. The van der Waals surface area contributed by atoms with Crippen molar-refractivity contribution >= 4 is 5.91 Å². The van der Waals surface area contributed by atoms with E-state index in [1.165, 1.54) is 0 Å². The van der Waals surface area contributed by atoms with Gasteiger partial charge in [-0.1, -0.05) is 48.5 Å². The summed E-state index contributed by atoms with van der Waals surface area (Å²) < 4.78 is 6.80. The molecule has 1 N–H and O–H groups in total. The van der Waals surface area contributed by atoms with Gasteiger partial charge in [0.05, 0.1) is 13.2 Å². The Bertz CT molecular complexity index is 962. The van der Waals surface area contributed by atoms with E-state index in [1.54, 1.807) is 36.1 Å². The maximum atomic E-state index is 12.5. The summed E-state index contributed by atoms with van der Waals surface area (Å²) in [5.74, 6) is -0.123. The molecule has 5 nitrogen and oxygen atoms in total. The second kappa shape index (κ2) is 8.96. The maximum Gasteiger partial charge on any atom is 0.251 e. The number of carbonyl (C=O) groups excluding carboxylic acids is 1. The van der Waals surface area contributed by atoms with Crippen LogP contribution in [0.25, 0.3) is 0 Å². The largest absolute Gasteiger partial charge is 0.380 e. The van der Waals surface area contributed by atoms with E-state index in [0.29, 0.717) is 25.3 Å². The average molecular weight is 362 g/mol. The molecule has 1 aromatic heterocycles. The summed E-state index contributed by atoms with van der Waals surface area (Å²) in [6.07, 6.45) is 1.77. The van der Waals surface area contributed by atoms with E-state index in [4.69, 9.17) is 4.74 Å². The Morgan fingerprint density at radius 3 is 2.41 bits per heavy atom. The third-order valence-electron chi connectivity index (χ3n) is 4.29. The summed E-state index contributed by atoms with van der Waals surface area (Å²) in [4.78, 5) is 24.2. The summed E-state index contributed by atoms with van der Waals surface area (Å²) in [7, 11) is 1.61. The number of amides is 1. The van der Waals surface area contributed by atoms with Crippen LogP contribution in [0.4, 0.5) is 0 Å². The average Bonchev–Trinajstić information content (AvgIpc) is 2.70. The zero-order valence-electron chi connectivity index (χ0n) is 15.2. The molecule has 138 valence electrons. The molecular weight excluding hydrogens is 340 g/mol. The molecule has 1 amide bonds. The number of hydrogen-bond donors (Lipinski definition) is 1. The number of aromatic nitrogens is 1. The molecule has 0 spiro atoms. The molecule has 0 saturated carbocycles. The molecule has 0 atom stereocenters. The first-order valence-electron chi connectivity index (χ1n) is 8.75. The molecule has 1 heterocycles. The van der Waals surface area contributed by atoms with Crippen LogP contribution in [-0.4, -0.2) is 17.6 Å². The molecule has 2 aromatic carbocycles. The number of ether oxygens (including phenoxy) is 1. The van der Waals surface area contributed by atoms with Gasteiger partial charge in [-0.15, -0.1) is 0 Å². The minimum absolute atomic E-state index is 0.0245. The molecule has 27 heavy (non-hydrogen) atoms. The van der Waals surface area contributed by atoms with Gasteiger partial charge in [-0.25, -0.2) is 0 Å². The second-order valence-electron chi connectivity index (χ2n) is 6.26. The lowest BCUT2D eigenvalue weighted by atomic mass is 10.1. The van der Waals surface area contributed by atoms with Crippen LogP contribution in [0.1, 0.15) is 27.0 Å². The highest BCUT2D eigenvalue weighted by Gasteiger charge is 2.10. The van der Waals surface area contributed by atoms with E-state index in [2.05, 4.69) is 5.32 Å². The van der Waals surface area contributed by atoms with E-state index in [9.17, 15) is 9.59 Å². The van der Waals surface area contributed by atoms with E-state index < -0.39 is 0 Å². The minimum atomic E-state index is -0.123. The number of hydrogen-bond acceptors (Lipinski definition) is 3. The lowest BCUT2D eigenvalue weighted by molar-refractivity contribution is 0.0946. The van der Waals surface area contributed by atoms with Gasteiger partial charge in [0, 0.05) is 31.5 Å². The molecule has 3 aromatic rings. The van der Waals surface area contributed by atoms with Gasteiger partial charge in [-0.3, -0.25) is 9.59 Å². The molecule has 0 bridgehead atoms. The van der Waals surface area contributed by atoms with Crippen LogP contribution < -0.4 is 10.9 Å². The lowest BCUT2D eigenvalue weighted by Crippen LogP contribution is -2.24. The van der Waals surface area contributed by atoms with E-state index in [1.807, 2.05) is 48.5 Å². The van der Waals surface area contributed by atoms with Crippen LogP contribution >= 0.6 is 0 Å². The molecule has 0 unspecified atom stereocenters. The van der Waals surface area contributed by atoms with E-state index in [0.717, 1.165) is 16.7 Å². The Hall–Kier alpha value is -3.18. The third kappa shape index (κ3) is 4.92. The van der Waals surface area contributed by atoms with Crippen molar-refractivity contribution in [1.82, 2.24) is 9.88 Å². The highest BCUT2D eigenvalue weighted by molar-refractivity contribution is 5.95. The molecular formula is C22H22N2O3. The molecule has 3 rings (SSSR count). The highest BCUT2D eigenvalue weighted by Crippen LogP contribution is 2.11. The Morgan fingerprint density at radius 1 is 0.963 bits per heavy atom. The molecule has 5 heteroatoms. The van der Waals surface area contributed by atoms with Gasteiger partial charge in [0.25, 0.3) is 11.5 Å². The van der Waals surface area contributed by atoms with Crippen molar-refractivity contribution in [2.45, 2.75) is 19.7 Å². The first-order chi connectivity index (χ1) is 13.2. The first-order valence-corrected chi connectivity index (χ1v) is 8.75. The highest BCUT2D eigenvalue weighted by atomic mass is 16.5. The number of benzene rings is 2. The van der Waals surface area contributed by atoms with E-state index >= 15 is 0 Å². The van der Waals surface area contributed by atoms with Crippen LogP contribution in [0.5, 0.6) is 0 Å². The number of nitrogens with one attached hydrogen (secondary N) is 1. The summed E-state index contributed by atoms with van der Waals surface area (Å²) in [5, 5.41) is 2.94. The van der Waals surface area contributed by atoms with Crippen molar-refractivity contribution in [2.75, 3.05) is 7.11 Å². The first kappa shape index (κ1) is 18.6. The quantitative estimate of drug-likeness (QED) is 0.703. The molecule has 0 aliphatic heterocycles. The Kier molecular flexibility index (Phi) is 6.18. The zero-order valence-corrected chi connectivity index (χ0v) is 15.2. The number of rotatable bonds is 7. The van der Waals surface area contributed by atoms with Gasteiger partial charge in [-0.2, -0.15) is 0 Å². The zero-order chi connectivity index (χ0) is 19.1. The Balaban J connectivity index is 1.61. The molecule has 0 fully saturated rings. The molecule has 0 radical (unpaired) electrons. The van der Waals surface area contributed by atoms with Gasteiger partial charge in [0.1, 0.15) is 0 Å². The fourth-order valence-corrected chi connectivity index (χ4v) is 2.85. The smallest absolute Gasteiger partial charge is 0.251 e.